The van der Waals surface area contributed by atoms with Crippen molar-refractivity contribution < 1.29 is 9.53 Å². The molecule has 0 spiro atoms. The lowest BCUT2D eigenvalue weighted by atomic mass is 10.2. The van der Waals surface area contributed by atoms with E-state index in [0.717, 1.165) is 5.69 Å². The summed E-state index contributed by atoms with van der Waals surface area (Å²) in [4.78, 5) is 14.0. The Hall–Kier alpha value is -1.93. The zero-order chi connectivity index (χ0) is 15.4. The summed E-state index contributed by atoms with van der Waals surface area (Å²) in [6, 6.07) is 7.92. The third-order valence-electron chi connectivity index (χ3n) is 3.41. The molecule has 0 radical (unpaired) electrons. The highest BCUT2D eigenvalue weighted by atomic mass is 32.2. The van der Waals surface area contributed by atoms with Gasteiger partial charge in [0, 0.05) is 13.1 Å². The van der Waals surface area contributed by atoms with E-state index < -0.39 is 0 Å². The van der Waals surface area contributed by atoms with Crippen LogP contribution in [0, 0.1) is 6.92 Å². The molecule has 0 aliphatic carbocycles. The van der Waals surface area contributed by atoms with E-state index in [4.69, 9.17) is 4.74 Å². The van der Waals surface area contributed by atoms with E-state index in [9.17, 15) is 4.79 Å². The molecular weight excluding hydrogens is 302 g/mol. The number of morpholine rings is 1. The molecular formula is C14H17N5O2S. The van der Waals surface area contributed by atoms with Crippen molar-refractivity contribution in [2.75, 3.05) is 32.1 Å². The highest BCUT2D eigenvalue weighted by Gasteiger charge is 2.18. The summed E-state index contributed by atoms with van der Waals surface area (Å²) in [7, 11) is 0. The van der Waals surface area contributed by atoms with Crippen LogP contribution in [0.2, 0.25) is 0 Å². The van der Waals surface area contributed by atoms with Crippen molar-refractivity contribution in [1.29, 1.82) is 0 Å². The maximum Gasteiger partial charge on any atom is 0.233 e. The van der Waals surface area contributed by atoms with E-state index in [1.54, 1.807) is 4.68 Å². The molecule has 1 aromatic heterocycles. The summed E-state index contributed by atoms with van der Waals surface area (Å²) >= 11 is 1.35. The average molecular weight is 319 g/mol. The Labute approximate surface area is 132 Å². The first-order valence-corrected chi connectivity index (χ1v) is 8.06. The van der Waals surface area contributed by atoms with Crippen LogP contribution in [-0.2, 0) is 9.53 Å². The van der Waals surface area contributed by atoms with Gasteiger partial charge in [-0.2, -0.15) is 4.68 Å². The Bertz CT molecular complexity index is 637. The molecule has 1 amide bonds. The first kappa shape index (κ1) is 15.0. The number of carbonyl (C=O) groups excluding carboxylic acids is 1. The molecule has 3 rings (SSSR count). The number of ether oxygens (including phenoxy) is 1. The van der Waals surface area contributed by atoms with E-state index in [2.05, 4.69) is 15.5 Å². The number of nitrogens with zero attached hydrogens (tertiary/aromatic N) is 5. The number of hydrogen-bond donors (Lipinski definition) is 0. The summed E-state index contributed by atoms with van der Waals surface area (Å²) in [6.45, 7) is 4.56. The number of carbonyl (C=O) groups is 1. The number of rotatable bonds is 4. The monoisotopic (exact) mass is 319 g/mol. The molecule has 22 heavy (non-hydrogen) atoms. The summed E-state index contributed by atoms with van der Waals surface area (Å²) in [6.07, 6.45) is 0. The van der Waals surface area contributed by atoms with Gasteiger partial charge in [-0.15, -0.1) is 5.10 Å². The van der Waals surface area contributed by atoms with Crippen molar-refractivity contribution in [3.63, 3.8) is 0 Å². The van der Waals surface area contributed by atoms with Gasteiger partial charge in [0.1, 0.15) is 0 Å². The van der Waals surface area contributed by atoms with Crippen LogP contribution in [0.25, 0.3) is 5.69 Å². The molecule has 0 atom stereocenters. The molecule has 7 nitrogen and oxygen atoms in total. The number of amides is 1. The second-order valence-corrected chi connectivity index (χ2v) is 5.93. The van der Waals surface area contributed by atoms with E-state index >= 15 is 0 Å². The van der Waals surface area contributed by atoms with Crippen LogP contribution in [0.4, 0.5) is 0 Å². The van der Waals surface area contributed by atoms with E-state index in [0.29, 0.717) is 37.2 Å². The first-order valence-electron chi connectivity index (χ1n) is 7.08. The van der Waals surface area contributed by atoms with Crippen molar-refractivity contribution in [2.45, 2.75) is 12.1 Å². The Morgan fingerprint density at radius 1 is 1.27 bits per heavy atom. The molecule has 1 saturated heterocycles. The van der Waals surface area contributed by atoms with Crippen molar-refractivity contribution in [3.8, 4) is 5.69 Å². The Morgan fingerprint density at radius 2 is 2.00 bits per heavy atom. The maximum absolute atomic E-state index is 12.2. The first-order chi connectivity index (χ1) is 10.7. The Morgan fingerprint density at radius 3 is 2.73 bits per heavy atom. The maximum atomic E-state index is 12.2. The molecule has 0 unspecified atom stereocenters. The van der Waals surface area contributed by atoms with Gasteiger partial charge in [0.2, 0.25) is 11.1 Å². The standard InChI is InChI=1S/C14H17N5O2S/c1-11-2-4-12(5-3-11)19-14(15-16-17-19)22-10-13(20)18-6-8-21-9-7-18/h2-5H,6-10H2,1H3. The van der Waals surface area contributed by atoms with Gasteiger partial charge in [0.15, 0.2) is 0 Å². The average Bonchev–Trinajstić information content (AvgIpc) is 3.02. The van der Waals surface area contributed by atoms with Gasteiger partial charge in [0.05, 0.1) is 24.7 Å². The number of tetrazole rings is 1. The van der Waals surface area contributed by atoms with Crippen LogP contribution in [0.5, 0.6) is 0 Å². The summed E-state index contributed by atoms with van der Waals surface area (Å²) < 4.78 is 6.90. The zero-order valence-electron chi connectivity index (χ0n) is 12.3. The van der Waals surface area contributed by atoms with Gasteiger partial charge < -0.3 is 9.64 Å². The van der Waals surface area contributed by atoms with E-state index in [1.807, 2.05) is 36.1 Å². The van der Waals surface area contributed by atoms with Gasteiger partial charge >= 0.3 is 0 Å². The lowest BCUT2D eigenvalue weighted by Gasteiger charge is -2.26. The summed E-state index contributed by atoms with van der Waals surface area (Å²) in [5, 5.41) is 12.3. The van der Waals surface area contributed by atoms with E-state index in [-0.39, 0.29) is 5.91 Å². The molecule has 116 valence electrons. The molecule has 1 fully saturated rings. The third-order valence-corrected chi connectivity index (χ3v) is 4.31. The molecule has 0 bridgehead atoms. The molecule has 8 heteroatoms. The predicted octanol–water partition coefficient (Wildman–Crippen LogP) is 0.922. The van der Waals surface area contributed by atoms with Gasteiger partial charge in [-0.05, 0) is 29.5 Å². The van der Waals surface area contributed by atoms with Gasteiger partial charge in [-0.1, -0.05) is 29.5 Å². The topological polar surface area (TPSA) is 73.1 Å². The molecule has 1 aromatic carbocycles. The van der Waals surface area contributed by atoms with Crippen molar-refractivity contribution >= 4 is 17.7 Å². The van der Waals surface area contributed by atoms with Crippen molar-refractivity contribution in [3.05, 3.63) is 29.8 Å². The van der Waals surface area contributed by atoms with E-state index in [1.165, 1.54) is 17.3 Å². The molecule has 2 heterocycles. The fourth-order valence-electron chi connectivity index (χ4n) is 2.15. The van der Waals surface area contributed by atoms with Crippen LogP contribution in [-0.4, -0.2) is 63.1 Å². The SMILES string of the molecule is Cc1ccc(-n2nnnc2SCC(=O)N2CCOCC2)cc1. The fourth-order valence-corrected chi connectivity index (χ4v) is 2.94. The van der Waals surface area contributed by atoms with Crippen LogP contribution < -0.4 is 0 Å². The van der Waals surface area contributed by atoms with Gasteiger partial charge in [-0.25, -0.2) is 0 Å². The lowest BCUT2D eigenvalue weighted by molar-refractivity contribution is -0.132. The minimum Gasteiger partial charge on any atom is -0.378 e. The van der Waals surface area contributed by atoms with Crippen molar-refractivity contribution in [1.82, 2.24) is 25.1 Å². The second-order valence-electron chi connectivity index (χ2n) is 4.99. The normalized spacial score (nSPS) is 15.0. The zero-order valence-corrected chi connectivity index (χ0v) is 13.1. The summed E-state index contributed by atoms with van der Waals surface area (Å²) in [5.74, 6) is 0.415. The summed E-state index contributed by atoms with van der Waals surface area (Å²) in [5.41, 5.74) is 2.06. The second kappa shape index (κ2) is 6.89. The fraction of sp³-hybridized carbons (Fsp3) is 0.429. The number of hydrogen-bond acceptors (Lipinski definition) is 6. The highest BCUT2D eigenvalue weighted by Crippen LogP contribution is 2.19. The molecule has 0 N–H and O–H groups in total. The minimum atomic E-state index is 0.0896. The predicted molar refractivity (Wildman–Crippen MR) is 82.0 cm³/mol. The van der Waals surface area contributed by atoms with Gasteiger partial charge in [-0.3, -0.25) is 4.79 Å². The number of benzene rings is 1. The third kappa shape index (κ3) is 3.45. The smallest absolute Gasteiger partial charge is 0.233 e. The lowest BCUT2D eigenvalue weighted by Crippen LogP contribution is -2.41. The minimum absolute atomic E-state index is 0.0896. The molecule has 1 aliphatic rings. The van der Waals surface area contributed by atoms with Gasteiger partial charge in [0.25, 0.3) is 0 Å². The number of aryl methyl sites for hydroxylation is 1. The molecule has 0 saturated carbocycles. The van der Waals surface area contributed by atoms with Crippen LogP contribution >= 0.6 is 11.8 Å². The Balaban J connectivity index is 1.65. The van der Waals surface area contributed by atoms with Crippen LogP contribution in [0.3, 0.4) is 0 Å². The molecule has 1 aliphatic heterocycles. The number of aromatic nitrogens is 4. The largest absolute Gasteiger partial charge is 0.378 e. The Kier molecular flexibility index (Phi) is 4.69. The van der Waals surface area contributed by atoms with Crippen LogP contribution in [0.15, 0.2) is 29.4 Å². The van der Waals surface area contributed by atoms with Crippen LogP contribution in [0.1, 0.15) is 5.56 Å². The molecule has 2 aromatic rings. The number of thioether (sulfide) groups is 1. The van der Waals surface area contributed by atoms with Crippen molar-refractivity contribution in [2.24, 2.45) is 0 Å². The highest BCUT2D eigenvalue weighted by molar-refractivity contribution is 7.99. The quantitative estimate of drug-likeness (QED) is 0.780.